The molecule has 0 aliphatic rings. The van der Waals surface area contributed by atoms with E-state index in [-0.39, 0.29) is 22.0 Å². The molecule has 122 valence electrons. The lowest BCUT2D eigenvalue weighted by atomic mass is 10.1. The van der Waals surface area contributed by atoms with E-state index in [4.69, 9.17) is 16.3 Å². The van der Waals surface area contributed by atoms with Crippen LogP contribution in [0.1, 0.15) is 15.9 Å². The summed E-state index contributed by atoms with van der Waals surface area (Å²) in [6, 6.07) is 10.7. The van der Waals surface area contributed by atoms with Gasteiger partial charge in [-0.2, -0.15) is 0 Å². The van der Waals surface area contributed by atoms with Gasteiger partial charge in [-0.15, -0.1) is 0 Å². The van der Waals surface area contributed by atoms with Crippen LogP contribution in [-0.4, -0.2) is 28.6 Å². The SMILES string of the molecule is COC(=O)c1cccc(CS(=O)(=O)c2cccc(Cl)c2)c1OC. The van der Waals surface area contributed by atoms with Gasteiger partial charge in [0.15, 0.2) is 9.84 Å². The summed E-state index contributed by atoms with van der Waals surface area (Å²) in [7, 11) is -1.01. The average molecular weight is 355 g/mol. The molecule has 0 aliphatic carbocycles. The monoisotopic (exact) mass is 354 g/mol. The Morgan fingerprint density at radius 2 is 1.83 bits per heavy atom. The molecular weight excluding hydrogens is 340 g/mol. The van der Waals surface area contributed by atoms with E-state index in [1.165, 1.54) is 32.4 Å². The predicted molar refractivity (Wildman–Crippen MR) is 86.7 cm³/mol. The number of carbonyl (C=O) groups excluding carboxylic acids is 1. The second kappa shape index (κ2) is 7.02. The highest BCUT2D eigenvalue weighted by atomic mass is 35.5. The van der Waals surface area contributed by atoms with Crippen LogP contribution in [0.2, 0.25) is 5.02 Å². The Kier molecular flexibility index (Phi) is 5.28. The van der Waals surface area contributed by atoms with Gasteiger partial charge in [0.2, 0.25) is 0 Å². The highest BCUT2D eigenvalue weighted by molar-refractivity contribution is 7.90. The summed E-state index contributed by atoms with van der Waals surface area (Å²) >= 11 is 5.85. The smallest absolute Gasteiger partial charge is 0.341 e. The molecule has 0 aromatic heterocycles. The number of benzene rings is 2. The number of halogens is 1. The molecule has 0 N–H and O–H groups in total. The number of hydrogen-bond acceptors (Lipinski definition) is 5. The Labute approximate surface area is 139 Å². The molecule has 0 atom stereocenters. The van der Waals surface area contributed by atoms with Crippen LogP contribution in [0.3, 0.4) is 0 Å². The van der Waals surface area contributed by atoms with Gasteiger partial charge in [0.25, 0.3) is 0 Å². The summed E-state index contributed by atoms with van der Waals surface area (Å²) in [5.74, 6) is -0.727. The minimum Gasteiger partial charge on any atom is -0.496 e. The lowest BCUT2D eigenvalue weighted by Gasteiger charge is -2.13. The molecule has 0 fully saturated rings. The van der Waals surface area contributed by atoms with Crippen molar-refractivity contribution in [2.45, 2.75) is 10.6 Å². The fraction of sp³-hybridized carbons (Fsp3) is 0.188. The van der Waals surface area contributed by atoms with Crippen LogP contribution in [0, 0.1) is 0 Å². The fourth-order valence-electron chi connectivity index (χ4n) is 2.16. The summed E-state index contributed by atoms with van der Waals surface area (Å²) in [6.45, 7) is 0. The zero-order chi connectivity index (χ0) is 17.0. The van der Waals surface area contributed by atoms with Crippen LogP contribution in [0.4, 0.5) is 0 Å². The van der Waals surface area contributed by atoms with Crippen LogP contribution in [0.5, 0.6) is 5.75 Å². The van der Waals surface area contributed by atoms with Crippen molar-refractivity contribution in [1.82, 2.24) is 0 Å². The van der Waals surface area contributed by atoms with E-state index < -0.39 is 15.8 Å². The van der Waals surface area contributed by atoms with Gasteiger partial charge >= 0.3 is 5.97 Å². The van der Waals surface area contributed by atoms with Gasteiger partial charge in [0.05, 0.1) is 24.9 Å². The fourth-order valence-corrected chi connectivity index (χ4v) is 3.81. The molecule has 0 saturated heterocycles. The van der Waals surface area contributed by atoms with Gasteiger partial charge in [0, 0.05) is 10.6 Å². The van der Waals surface area contributed by atoms with Crippen LogP contribution in [0.15, 0.2) is 47.4 Å². The Balaban J connectivity index is 2.45. The van der Waals surface area contributed by atoms with Gasteiger partial charge < -0.3 is 9.47 Å². The van der Waals surface area contributed by atoms with E-state index in [2.05, 4.69) is 4.74 Å². The van der Waals surface area contributed by atoms with E-state index >= 15 is 0 Å². The quantitative estimate of drug-likeness (QED) is 0.771. The minimum absolute atomic E-state index is 0.107. The van der Waals surface area contributed by atoms with Crippen molar-refractivity contribution in [3.05, 3.63) is 58.6 Å². The standard InChI is InChI=1S/C16H15ClO5S/c1-21-15-11(5-3-8-14(15)16(18)22-2)10-23(19,20)13-7-4-6-12(17)9-13/h3-9H,10H2,1-2H3. The molecule has 23 heavy (non-hydrogen) atoms. The zero-order valence-corrected chi connectivity index (χ0v) is 14.1. The first-order valence-corrected chi connectivity index (χ1v) is 8.64. The van der Waals surface area contributed by atoms with Crippen molar-refractivity contribution < 1.29 is 22.7 Å². The molecule has 2 aromatic carbocycles. The normalized spacial score (nSPS) is 11.1. The third-order valence-electron chi connectivity index (χ3n) is 3.21. The van der Waals surface area contributed by atoms with E-state index in [9.17, 15) is 13.2 Å². The number of esters is 1. The highest BCUT2D eigenvalue weighted by Gasteiger charge is 2.22. The Hall–Kier alpha value is -2.05. The molecule has 0 aliphatic heterocycles. The first-order valence-electron chi connectivity index (χ1n) is 6.61. The van der Waals surface area contributed by atoms with E-state index in [1.54, 1.807) is 24.3 Å². The first kappa shape index (κ1) is 17.3. The molecule has 2 rings (SSSR count). The summed E-state index contributed by atoms with van der Waals surface area (Å²) in [6.07, 6.45) is 0. The average Bonchev–Trinajstić information content (AvgIpc) is 2.53. The molecule has 0 amide bonds. The first-order chi connectivity index (χ1) is 10.9. The summed E-state index contributed by atoms with van der Waals surface area (Å²) < 4.78 is 35.0. The maximum Gasteiger partial charge on any atom is 0.341 e. The zero-order valence-electron chi connectivity index (χ0n) is 12.6. The van der Waals surface area contributed by atoms with Crippen molar-refractivity contribution >= 4 is 27.4 Å². The second-order valence-corrected chi connectivity index (χ2v) is 7.13. The molecule has 7 heteroatoms. The van der Waals surface area contributed by atoms with Gasteiger partial charge in [0.1, 0.15) is 11.3 Å². The van der Waals surface area contributed by atoms with E-state index in [0.29, 0.717) is 10.6 Å². The number of rotatable bonds is 5. The summed E-state index contributed by atoms with van der Waals surface area (Å²) in [4.78, 5) is 11.9. The molecule has 0 bridgehead atoms. The van der Waals surface area contributed by atoms with E-state index in [0.717, 1.165) is 0 Å². The number of methoxy groups -OCH3 is 2. The predicted octanol–water partition coefficient (Wildman–Crippen LogP) is 3.11. The third-order valence-corrected chi connectivity index (χ3v) is 5.11. The van der Waals surface area contributed by atoms with Crippen molar-refractivity contribution in [2.75, 3.05) is 14.2 Å². The Bertz CT molecular complexity index is 830. The number of hydrogen-bond donors (Lipinski definition) is 0. The number of sulfone groups is 1. The third kappa shape index (κ3) is 3.83. The molecular formula is C16H15ClO5S. The maximum atomic E-state index is 12.5. The van der Waals surface area contributed by atoms with Gasteiger partial charge in [-0.1, -0.05) is 29.8 Å². The topological polar surface area (TPSA) is 69.7 Å². The molecule has 0 saturated carbocycles. The van der Waals surface area contributed by atoms with Crippen LogP contribution in [-0.2, 0) is 20.3 Å². The Morgan fingerprint density at radius 1 is 1.13 bits per heavy atom. The van der Waals surface area contributed by atoms with Crippen molar-refractivity contribution in [3.63, 3.8) is 0 Å². The number of carbonyl (C=O) groups is 1. The maximum absolute atomic E-state index is 12.5. The van der Waals surface area contributed by atoms with Gasteiger partial charge in [-0.25, -0.2) is 13.2 Å². The molecule has 0 heterocycles. The molecule has 0 spiro atoms. The molecule has 2 aromatic rings. The lowest BCUT2D eigenvalue weighted by molar-refractivity contribution is 0.0597. The Morgan fingerprint density at radius 3 is 2.43 bits per heavy atom. The number of para-hydroxylation sites is 1. The van der Waals surface area contributed by atoms with Crippen LogP contribution < -0.4 is 4.74 Å². The van der Waals surface area contributed by atoms with Crippen molar-refractivity contribution in [1.29, 1.82) is 0 Å². The minimum atomic E-state index is -3.63. The second-order valence-electron chi connectivity index (χ2n) is 4.71. The highest BCUT2D eigenvalue weighted by Crippen LogP contribution is 2.28. The van der Waals surface area contributed by atoms with E-state index in [1.807, 2.05) is 0 Å². The van der Waals surface area contributed by atoms with Crippen molar-refractivity contribution in [2.24, 2.45) is 0 Å². The molecule has 0 unspecified atom stereocenters. The molecule has 0 radical (unpaired) electrons. The molecule has 5 nitrogen and oxygen atoms in total. The number of ether oxygens (including phenoxy) is 2. The largest absolute Gasteiger partial charge is 0.496 e. The van der Waals surface area contributed by atoms with Crippen LogP contribution >= 0.6 is 11.6 Å². The van der Waals surface area contributed by atoms with Gasteiger partial charge in [-0.3, -0.25) is 0 Å². The van der Waals surface area contributed by atoms with Crippen LogP contribution in [0.25, 0.3) is 0 Å². The van der Waals surface area contributed by atoms with Gasteiger partial charge in [-0.05, 0) is 24.3 Å². The summed E-state index contributed by atoms with van der Waals surface area (Å²) in [5.41, 5.74) is 0.546. The summed E-state index contributed by atoms with van der Waals surface area (Å²) in [5, 5.41) is 0.335. The van der Waals surface area contributed by atoms with Crippen molar-refractivity contribution in [3.8, 4) is 5.75 Å². The lowest BCUT2D eigenvalue weighted by Crippen LogP contribution is -2.10.